The van der Waals surface area contributed by atoms with Crippen molar-refractivity contribution >= 4 is 51.2 Å². The largest absolute Gasteiger partial charge is 0.497 e. The van der Waals surface area contributed by atoms with E-state index in [0.29, 0.717) is 21.5 Å². The third kappa shape index (κ3) is 3.07. The Bertz CT molecular complexity index is 1080. The third-order valence-electron chi connectivity index (χ3n) is 4.79. The summed E-state index contributed by atoms with van der Waals surface area (Å²) in [6.45, 7) is 2.39. The number of methoxy groups -OCH3 is 1. The van der Waals surface area contributed by atoms with E-state index >= 15 is 0 Å². The third-order valence-corrected chi connectivity index (χ3v) is 6.17. The number of aryl methyl sites for hydroxylation is 1. The number of nitrogens with zero attached hydrogens (tertiary/aromatic N) is 2. The van der Waals surface area contributed by atoms with Crippen LogP contribution in [0.4, 0.5) is 0 Å². The molecule has 0 atom stereocenters. The van der Waals surface area contributed by atoms with E-state index in [1.807, 2.05) is 44.3 Å². The van der Waals surface area contributed by atoms with Crippen molar-refractivity contribution in [1.82, 2.24) is 9.47 Å². The summed E-state index contributed by atoms with van der Waals surface area (Å²) in [5, 5.41) is 1.05. The highest BCUT2D eigenvalue weighted by Gasteiger charge is 2.33. The summed E-state index contributed by atoms with van der Waals surface area (Å²) < 4.78 is 13.4. The number of ether oxygens (including phenoxy) is 1. The van der Waals surface area contributed by atoms with Crippen LogP contribution in [-0.2, 0) is 18.4 Å². The number of benzene rings is 1. The molecule has 0 N–H and O–H groups in total. The number of hydrogen-bond acceptors (Lipinski definition) is 5. The molecule has 138 valence electrons. The van der Waals surface area contributed by atoms with Crippen molar-refractivity contribution in [2.75, 3.05) is 7.11 Å². The molecule has 1 saturated heterocycles. The van der Waals surface area contributed by atoms with Gasteiger partial charge in [-0.05, 0) is 43.3 Å². The minimum Gasteiger partial charge on any atom is -0.497 e. The fourth-order valence-corrected chi connectivity index (χ4v) is 4.45. The van der Waals surface area contributed by atoms with Gasteiger partial charge in [0.15, 0.2) is 0 Å². The summed E-state index contributed by atoms with van der Waals surface area (Å²) in [4.78, 5) is 15.1. The summed E-state index contributed by atoms with van der Waals surface area (Å²) >= 11 is 6.74. The fourth-order valence-electron chi connectivity index (χ4n) is 3.21. The van der Waals surface area contributed by atoms with E-state index in [9.17, 15) is 4.79 Å². The van der Waals surface area contributed by atoms with E-state index in [4.69, 9.17) is 21.4 Å². The van der Waals surface area contributed by atoms with Crippen LogP contribution in [0.5, 0.6) is 5.75 Å². The first-order valence-electron chi connectivity index (χ1n) is 8.40. The minimum atomic E-state index is -0.0966. The molecule has 3 heterocycles. The number of aromatic nitrogens is 1. The topological polar surface area (TPSA) is 47.6 Å². The smallest absolute Gasteiger partial charge is 0.266 e. The van der Waals surface area contributed by atoms with Crippen LogP contribution >= 0.6 is 24.0 Å². The fraction of sp³-hybridized carbons (Fsp3) is 0.200. The van der Waals surface area contributed by atoms with Gasteiger partial charge in [-0.25, -0.2) is 0 Å². The number of carbonyl (C=O) groups is 1. The number of thioether (sulfide) groups is 1. The van der Waals surface area contributed by atoms with Crippen molar-refractivity contribution in [3.8, 4) is 5.75 Å². The van der Waals surface area contributed by atoms with Crippen molar-refractivity contribution in [1.29, 1.82) is 0 Å². The minimum absolute atomic E-state index is 0.0966. The Balaban J connectivity index is 1.74. The Labute approximate surface area is 166 Å². The zero-order valence-corrected chi connectivity index (χ0v) is 16.8. The predicted molar refractivity (Wildman–Crippen MR) is 112 cm³/mol. The van der Waals surface area contributed by atoms with Crippen LogP contribution in [0.15, 0.2) is 45.9 Å². The maximum atomic E-state index is 12.9. The zero-order chi connectivity index (χ0) is 19.1. The molecule has 1 amide bonds. The number of fused-ring (bicyclic) bond motifs is 1. The summed E-state index contributed by atoms with van der Waals surface area (Å²) in [5.41, 5.74) is 3.17. The molecule has 1 fully saturated rings. The van der Waals surface area contributed by atoms with Gasteiger partial charge in [-0.1, -0.05) is 24.0 Å². The quantitative estimate of drug-likeness (QED) is 0.479. The average molecular weight is 399 g/mol. The Morgan fingerprint density at radius 3 is 2.85 bits per heavy atom. The molecule has 0 bridgehead atoms. The zero-order valence-electron chi connectivity index (χ0n) is 15.2. The number of furan rings is 1. The molecule has 5 nitrogen and oxygen atoms in total. The lowest BCUT2D eigenvalue weighted by Gasteiger charge is -2.11. The SMILES string of the molecule is COc1ccc2c(c1)c(C=C1SC(=S)N(Cc3ccco3)C1=O)c(C)n2C. The maximum Gasteiger partial charge on any atom is 0.266 e. The van der Waals surface area contributed by atoms with Crippen LogP contribution in [0.1, 0.15) is 17.0 Å². The van der Waals surface area contributed by atoms with E-state index in [2.05, 4.69) is 4.57 Å². The number of hydrogen-bond donors (Lipinski definition) is 0. The summed E-state index contributed by atoms with van der Waals surface area (Å²) in [7, 11) is 3.67. The second-order valence-electron chi connectivity index (χ2n) is 6.29. The molecule has 0 radical (unpaired) electrons. The van der Waals surface area contributed by atoms with Gasteiger partial charge in [-0.15, -0.1) is 0 Å². The van der Waals surface area contributed by atoms with Crippen LogP contribution in [-0.4, -0.2) is 26.8 Å². The normalized spacial score (nSPS) is 16.1. The van der Waals surface area contributed by atoms with E-state index in [1.54, 1.807) is 24.3 Å². The van der Waals surface area contributed by atoms with Gasteiger partial charge in [-0.3, -0.25) is 9.69 Å². The molecule has 2 aromatic heterocycles. The van der Waals surface area contributed by atoms with Gasteiger partial charge in [0.1, 0.15) is 15.8 Å². The van der Waals surface area contributed by atoms with Gasteiger partial charge in [0.05, 0.1) is 24.8 Å². The van der Waals surface area contributed by atoms with Gasteiger partial charge >= 0.3 is 0 Å². The van der Waals surface area contributed by atoms with E-state index in [-0.39, 0.29) is 5.91 Å². The Morgan fingerprint density at radius 1 is 1.33 bits per heavy atom. The van der Waals surface area contributed by atoms with Gasteiger partial charge in [0.25, 0.3) is 5.91 Å². The number of amides is 1. The van der Waals surface area contributed by atoms with Crippen LogP contribution < -0.4 is 4.74 Å². The van der Waals surface area contributed by atoms with Gasteiger partial charge < -0.3 is 13.7 Å². The Kier molecular flexibility index (Phi) is 4.57. The molecular weight excluding hydrogens is 380 g/mol. The summed E-state index contributed by atoms with van der Waals surface area (Å²) in [6.07, 6.45) is 3.52. The average Bonchev–Trinajstić information content (AvgIpc) is 3.33. The molecule has 27 heavy (non-hydrogen) atoms. The first-order chi connectivity index (χ1) is 13.0. The maximum absolute atomic E-state index is 12.9. The van der Waals surface area contributed by atoms with Crippen molar-refractivity contribution in [2.45, 2.75) is 13.5 Å². The van der Waals surface area contributed by atoms with Crippen LogP contribution in [0, 0.1) is 6.92 Å². The molecule has 1 aromatic carbocycles. The van der Waals surface area contributed by atoms with Crippen molar-refractivity contribution in [3.63, 3.8) is 0 Å². The number of rotatable bonds is 4. The molecule has 0 unspecified atom stereocenters. The molecule has 4 rings (SSSR count). The van der Waals surface area contributed by atoms with Crippen molar-refractivity contribution < 1.29 is 13.9 Å². The van der Waals surface area contributed by atoms with Gasteiger partial charge in [-0.2, -0.15) is 0 Å². The molecule has 0 spiro atoms. The molecule has 0 aliphatic carbocycles. The Hall–Kier alpha value is -2.51. The number of carbonyl (C=O) groups excluding carboxylic acids is 1. The standard InChI is InChI=1S/C20H18N2O3S2/c1-12-15(16-9-13(24-3)6-7-17(16)21(12)2)10-18-19(23)22(20(26)27-18)11-14-5-4-8-25-14/h4-10H,11H2,1-3H3. The monoisotopic (exact) mass is 398 g/mol. The lowest BCUT2D eigenvalue weighted by Crippen LogP contribution is -2.27. The summed E-state index contributed by atoms with van der Waals surface area (Å²) in [6, 6.07) is 9.60. The van der Waals surface area contributed by atoms with Crippen molar-refractivity contribution in [2.24, 2.45) is 7.05 Å². The molecule has 3 aromatic rings. The second-order valence-corrected chi connectivity index (χ2v) is 7.96. The highest BCUT2D eigenvalue weighted by Crippen LogP contribution is 2.37. The van der Waals surface area contributed by atoms with Crippen molar-refractivity contribution in [3.05, 3.63) is 58.5 Å². The van der Waals surface area contributed by atoms with E-state index in [0.717, 1.165) is 27.9 Å². The van der Waals surface area contributed by atoms with Gasteiger partial charge in [0.2, 0.25) is 0 Å². The first-order valence-corrected chi connectivity index (χ1v) is 9.63. The first kappa shape index (κ1) is 17.9. The molecular formula is C20H18N2O3S2. The lowest BCUT2D eigenvalue weighted by atomic mass is 10.1. The van der Waals surface area contributed by atoms with Crippen LogP contribution in [0.2, 0.25) is 0 Å². The van der Waals surface area contributed by atoms with Crippen LogP contribution in [0.25, 0.3) is 17.0 Å². The molecule has 7 heteroatoms. The Morgan fingerprint density at radius 2 is 2.15 bits per heavy atom. The van der Waals surface area contributed by atoms with Crippen LogP contribution in [0.3, 0.4) is 0 Å². The van der Waals surface area contributed by atoms with E-state index in [1.165, 1.54) is 11.8 Å². The highest BCUT2D eigenvalue weighted by atomic mass is 32.2. The molecule has 1 aliphatic heterocycles. The lowest BCUT2D eigenvalue weighted by molar-refractivity contribution is -0.122. The van der Waals surface area contributed by atoms with E-state index < -0.39 is 0 Å². The predicted octanol–water partition coefficient (Wildman–Crippen LogP) is 4.49. The molecule has 1 aliphatic rings. The van der Waals surface area contributed by atoms with Gasteiger partial charge in [0, 0.05) is 29.2 Å². The number of thiocarbonyl (C=S) groups is 1. The molecule has 0 saturated carbocycles. The summed E-state index contributed by atoms with van der Waals surface area (Å²) in [5.74, 6) is 1.40. The second kappa shape index (κ2) is 6.90. The highest BCUT2D eigenvalue weighted by molar-refractivity contribution is 8.26.